The van der Waals surface area contributed by atoms with Crippen molar-refractivity contribution in [1.82, 2.24) is 0 Å². The summed E-state index contributed by atoms with van der Waals surface area (Å²) < 4.78 is 38.1. The normalized spacial score (nSPS) is 24.3. The summed E-state index contributed by atoms with van der Waals surface area (Å²) in [6, 6.07) is 15.8. The minimum absolute atomic E-state index is 0.222. The highest BCUT2D eigenvalue weighted by atomic mass is 32.2. The number of nitriles is 1. The molecule has 1 aliphatic carbocycles. The van der Waals surface area contributed by atoms with Gasteiger partial charge in [0.15, 0.2) is 9.84 Å². The standard InChI is InChI=1S/C16H12FNO2S/c17-12-8-6-11(7-9-12)15-14(10-18)16(15)21(19,20)13-4-2-1-3-5-13/h1-9,14-16H. The molecule has 0 bridgehead atoms. The molecule has 0 radical (unpaired) electrons. The molecule has 0 aliphatic heterocycles. The van der Waals surface area contributed by atoms with Crippen molar-refractivity contribution in [2.75, 3.05) is 0 Å². The minimum Gasteiger partial charge on any atom is -0.223 e. The fraction of sp³-hybridized carbons (Fsp3) is 0.188. The summed E-state index contributed by atoms with van der Waals surface area (Å²) in [6.45, 7) is 0. The van der Waals surface area contributed by atoms with Gasteiger partial charge in [-0.25, -0.2) is 12.8 Å². The highest BCUT2D eigenvalue weighted by Gasteiger charge is 2.59. The van der Waals surface area contributed by atoms with Crippen LogP contribution in [0.3, 0.4) is 0 Å². The Morgan fingerprint density at radius 2 is 1.62 bits per heavy atom. The first-order chi connectivity index (χ1) is 10.1. The lowest BCUT2D eigenvalue weighted by Gasteiger charge is -2.03. The summed E-state index contributed by atoms with van der Waals surface area (Å²) >= 11 is 0. The zero-order chi connectivity index (χ0) is 15.0. The Labute approximate surface area is 122 Å². The zero-order valence-corrected chi connectivity index (χ0v) is 11.8. The summed E-state index contributed by atoms with van der Waals surface area (Å²) in [5.41, 5.74) is 0.687. The average molecular weight is 301 g/mol. The molecule has 3 nitrogen and oxygen atoms in total. The highest BCUT2D eigenvalue weighted by Crippen LogP contribution is 2.53. The Morgan fingerprint density at radius 1 is 1.00 bits per heavy atom. The third-order valence-corrected chi connectivity index (χ3v) is 6.02. The maximum atomic E-state index is 13.0. The number of sulfone groups is 1. The van der Waals surface area contributed by atoms with Gasteiger partial charge in [0.2, 0.25) is 0 Å². The van der Waals surface area contributed by atoms with Gasteiger partial charge in [-0.05, 0) is 29.8 Å². The number of hydrogen-bond donors (Lipinski definition) is 0. The highest BCUT2D eigenvalue weighted by molar-refractivity contribution is 7.92. The van der Waals surface area contributed by atoms with E-state index in [1.165, 1.54) is 24.3 Å². The lowest BCUT2D eigenvalue weighted by Crippen LogP contribution is -2.10. The Bertz CT molecular complexity index is 794. The molecule has 0 N–H and O–H groups in total. The number of rotatable bonds is 3. The largest absolute Gasteiger partial charge is 0.223 e. The molecular weight excluding hydrogens is 289 g/mol. The Morgan fingerprint density at radius 3 is 2.19 bits per heavy atom. The number of nitrogens with zero attached hydrogens (tertiary/aromatic N) is 1. The van der Waals surface area contributed by atoms with Crippen molar-refractivity contribution >= 4 is 9.84 Å². The minimum atomic E-state index is -3.55. The topological polar surface area (TPSA) is 57.9 Å². The number of hydrogen-bond acceptors (Lipinski definition) is 3. The lowest BCUT2D eigenvalue weighted by atomic mass is 10.1. The van der Waals surface area contributed by atoms with Crippen molar-refractivity contribution < 1.29 is 12.8 Å². The van der Waals surface area contributed by atoms with Crippen LogP contribution in [0.4, 0.5) is 4.39 Å². The van der Waals surface area contributed by atoms with E-state index in [9.17, 15) is 18.1 Å². The summed E-state index contributed by atoms with van der Waals surface area (Å²) in [5.74, 6) is -1.35. The van der Waals surface area contributed by atoms with E-state index >= 15 is 0 Å². The van der Waals surface area contributed by atoms with Gasteiger partial charge in [0, 0.05) is 5.92 Å². The zero-order valence-electron chi connectivity index (χ0n) is 11.0. The summed E-state index contributed by atoms with van der Waals surface area (Å²) in [5, 5.41) is 8.43. The maximum absolute atomic E-state index is 13.0. The van der Waals surface area contributed by atoms with Crippen LogP contribution in [-0.2, 0) is 9.84 Å². The average Bonchev–Trinajstić information content (AvgIpc) is 3.24. The molecule has 3 atom stereocenters. The van der Waals surface area contributed by atoms with Crippen LogP contribution in [0.5, 0.6) is 0 Å². The quantitative estimate of drug-likeness (QED) is 0.876. The molecule has 1 saturated carbocycles. The first-order valence-electron chi connectivity index (χ1n) is 6.50. The van der Waals surface area contributed by atoms with Gasteiger partial charge < -0.3 is 0 Å². The van der Waals surface area contributed by atoms with Gasteiger partial charge in [-0.15, -0.1) is 0 Å². The molecule has 1 aliphatic rings. The van der Waals surface area contributed by atoms with Crippen LogP contribution < -0.4 is 0 Å². The predicted octanol–water partition coefficient (Wildman–Crippen LogP) is 2.91. The summed E-state index contributed by atoms with van der Waals surface area (Å²) in [6.07, 6.45) is 0. The smallest absolute Gasteiger partial charge is 0.183 e. The number of benzene rings is 2. The van der Waals surface area contributed by atoms with Gasteiger partial charge in [-0.1, -0.05) is 30.3 Å². The van der Waals surface area contributed by atoms with E-state index in [1.807, 2.05) is 0 Å². The van der Waals surface area contributed by atoms with Crippen molar-refractivity contribution in [2.45, 2.75) is 16.1 Å². The fourth-order valence-corrected chi connectivity index (χ4v) is 4.76. The monoisotopic (exact) mass is 301 g/mol. The first-order valence-corrected chi connectivity index (χ1v) is 8.04. The summed E-state index contributed by atoms with van der Waals surface area (Å²) in [4.78, 5) is 0.222. The molecule has 0 amide bonds. The second-order valence-electron chi connectivity index (χ2n) is 5.05. The van der Waals surface area contributed by atoms with Gasteiger partial charge in [0.1, 0.15) is 5.82 Å². The molecular formula is C16H12FNO2S. The Balaban J connectivity index is 1.96. The molecule has 0 aromatic heterocycles. The molecule has 106 valence electrons. The van der Waals surface area contributed by atoms with Gasteiger partial charge in [-0.2, -0.15) is 5.26 Å². The molecule has 21 heavy (non-hydrogen) atoms. The van der Waals surface area contributed by atoms with Crippen LogP contribution in [-0.4, -0.2) is 13.7 Å². The Hall–Kier alpha value is -2.19. The van der Waals surface area contributed by atoms with Gasteiger partial charge in [0.05, 0.1) is 22.1 Å². The van der Waals surface area contributed by atoms with Crippen LogP contribution >= 0.6 is 0 Å². The third kappa shape index (κ3) is 2.32. The van der Waals surface area contributed by atoms with Crippen LogP contribution in [0.15, 0.2) is 59.5 Å². The molecule has 2 aromatic rings. The van der Waals surface area contributed by atoms with Crippen molar-refractivity contribution in [3.05, 3.63) is 66.0 Å². The molecule has 0 saturated heterocycles. The SMILES string of the molecule is N#CC1C(c2ccc(F)cc2)C1S(=O)(=O)c1ccccc1. The van der Waals surface area contributed by atoms with Crippen molar-refractivity contribution in [3.63, 3.8) is 0 Å². The van der Waals surface area contributed by atoms with Crippen LogP contribution in [0, 0.1) is 23.1 Å². The van der Waals surface area contributed by atoms with E-state index in [2.05, 4.69) is 6.07 Å². The van der Waals surface area contributed by atoms with E-state index in [0.717, 1.165) is 0 Å². The van der Waals surface area contributed by atoms with Crippen LogP contribution in [0.2, 0.25) is 0 Å². The van der Waals surface area contributed by atoms with Crippen molar-refractivity contribution in [1.29, 1.82) is 5.26 Å². The van der Waals surface area contributed by atoms with E-state index in [4.69, 9.17) is 0 Å². The van der Waals surface area contributed by atoms with E-state index in [-0.39, 0.29) is 16.6 Å². The molecule has 0 spiro atoms. The lowest BCUT2D eigenvalue weighted by molar-refractivity contribution is 0.593. The molecule has 2 aromatic carbocycles. The maximum Gasteiger partial charge on any atom is 0.183 e. The van der Waals surface area contributed by atoms with E-state index in [1.54, 1.807) is 30.3 Å². The molecule has 3 rings (SSSR count). The van der Waals surface area contributed by atoms with Crippen LogP contribution in [0.25, 0.3) is 0 Å². The number of halogens is 1. The van der Waals surface area contributed by atoms with Crippen molar-refractivity contribution in [2.24, 2.45) is 5.92 Å². The summed E-state index contributed by atoms with van der Waals surface area (Å²) in [7, 11) is -3.55. The molecule has 1 fully saturated rings. The second-order valence-corrected chi connectivity index (χ2v) is 7.16. The third-order valence-electron chi connectivity index (χ3n) is 3.79. The van der Waals surface area contributed by atoms with E-state index in [0.29, 0.717) is 5.56 Å². The van der Waals surface area contributed by atoms with Crippen LogP contribution in [0.1, 0.15) is 11.5 Å². The molecule has 3 unspecified atom stereocenters. The second kappa shape index (κ2) is 4.97. The Kier molecular flexibility index (Phi) is 3.26. The molecule has 0 heterocycles. The van der Waals surface area contributed by atoms with Gasteiger partial charge >= 0.3 is 0 Å². The van der Waals surface area contributed by atoms with E-state index < -0.39 is 21.0 Å². The van der Waals surface area contributed by atoms with Crippen molar-refractivity contribution in [3.8, 4) is 6.07 Å². The first kappa shape index (κ1) is 13.8. The fourth-order valence-electron chi connectivity index (χ4n) is 2.67. The van der Waals surface area contributed by atoms with Gasteiger partial charge in [0.25, 0.3) is 0 Å². The predicted molar refractivity (Wildman–Crippen MR) is 75.7 cm³/mol. The molecule has 5 heteroatoms. The van der Waals surface area contributed by atoms with Gasteiger partial charge in [-0.3, -0.25) is 0 Å².